The molecule has 3 rings (SSSR count). The molecule has 0 amide bonds. The fraction of sp³-hybridized carbons (Fsp3) is 0.267. The van der Waals surface area contributed by atoms with Crippen molar-refractivity contribution in [3.63, 3.8) is 0 Å². The van der Waals surface area contributed by atoms with Gasteiger partial charge in [-0.2, -0.15) is 0 Å². The van der Waals surface area contributed by atoms with Gasteiger partial charge < -0.3 is 10.5 Å². The fourth-order valence-electron chi connectivity index (χ4n) is 2.37. The molecular formula is C15H16N2O. The number of fused-ring (bicyclic) bond motifs is 1. The Labute approximate surface area is 107 Å². The average molecular weight is 240 g/mol. The Morgan fingerprint density at radius 1 is 1.22 bits per heavy atom. The van der Waals surface area contributed by atoms with Crippen LogP contribution in [0.15, 0.2) is 36.5 Å². The molecular weight excluding hydrogens is 224 g/mol. The lowest BCUT2D eigenvalue weighted by molar-refractivity contribution is 0.138. The molecule has 0 radical (unpaired) electrons. The Morgan fingerprint density at radius 2 is 2.06 bits per heavy atom. The average Bonchev–Trinajstić information content (AvgIpc) is 2.61. The van der Waals surface area contributed by atoms with Crippen LogP contribution >= 0.6 is 0 Å². The standard InChI is InChI=1S/C15H16N2O/c1-15(2)9-11-7-10(3-4-14(11)18-15)13-8-12(16)5-6-17-13/h3-8H,9H2,1-2H3,(H2,16,17). The first-order valence-electron chi connectivity index (χ1n) is 6.07. The highest BCUT2D eigenvalue weighted by Crippen LogP contribution is 2.37. The van der Waals surface area contributed by atoms with Crippen LogP contribution in [0, 0.1) is 0 Å². The molecule has 1 aromatic heterocycles. The number of hydrogen-bond donors (Lipinski definition) is 1. The number of aromatic nitrogens is 1. The topological polar surface area (TPSA) is 48.1 Å². The maximum Gasteiger partial charge on any atom is 0.123 e. The quantitative estimate of drug-likeness (QED) is 0.833. The lowest BCUT2D eigenvalue weighted by Gasteiger charge is -2.16. The van der Waals surface area contributed by atoms with Gasteiger partial charge in [0.25, 0.3) is 0 Å². The number of nitrogens with two attached hydrogens (primary N) is 1. The Kier molecular flexibility index (Phi) is 2.30. The molecule has 1 aliphatic rings. The molecule has 0 spiro atoms. The zero-order valence-corrected chi connectivity index (χ0v) is 10.6. The van der Waals surface area contributed by atoms with Gasteiger partial charge in [-0.25, -0.2) is 0 Å². The van der Waals surface area contributed by atoms with Crippen LogP contribution < -0.4 is 10.5 Å². The van der Waals surface area contributed by atoms with Crippen LogP contribution in [0.2, 0.25) is 0 Å². The summed E-state index contributed by atoms with van der Waals surface area (Å²) in [5.41, 5.74) is 9.64. The number of nitrogen functional groups attached to an aromatic ring is 1. The third-order valence-corrected chi connectivity index (χ3v) is 3.14. The molecule has 1 aromatic carbocycles. The highest BCUT2D eigenvalue weighted by molar-refractivity contribution is 5.65. The first-order valence-corrected chi connectivity index (χ1v) is 6.07. The van der Waals surface area contributed by atoms with Gasteiger partial charge in [0, 0.05) is 23.9 Å². The minimum atomic E-state index is -0.107. The van der Waals surface area contributed by atoms with Crippen molar-refractivity contribution in [2.75, 3.05) is 5.73 Å². The van der Waals surface area contributed by atoms with Crippen LogP contribution in [0.5, 0.6) is 5.75 Å². The highest BCUT2D eigenvalue weighted by Gasteiger charge is 2.29. The summed E-state index contributed by atoms with van der Waals surface area (Å²) in [7, 11) is 0. The van der Waals surface area contributed by atoms with E-state index >= 15 is 0 Å². The minimum Gasteiger partial charge on any atom is -0.487 e. The van der Waals surface area contributed by atoms with Crippen LogP contribution in [0.4, 0.5) is 5.69 Å². The van der Waals surface area contributed by atoms with E-state index in [2.05, 4.69) is 24.9 Å². The summed E-state index contributed by atoms with van der Waals surface area (Å²) in [5, 5.41) is 0. The summed E-state index contributed by atoms with van der Waals surface area (Å²) < 4.78 is 5.86. The molecule has 2 heterocycles. The molecule has 3 heteroatoms. The summed E-state index contributed by atoms with van der Waals surface area (Å²) in [6, 6.07) is 9.88. The minimum absolute atomic E-state index is 0.107. The van der Waals surface area contributed by atoms with E-state index in [1.165, 1.54) is 5.56 Å². The summed E-state index contributed by atoms with van der Waals surface area (Å²) in [6.45, 7) is 4.21. The van der Waals surface area contributed by atoms with Crippen molar-refractivity contribution in [2.24, 2.45) is 0 Å². The Hall–Kier alpha value is -2.03. The normalized spacial score (nSPS) is 16.1. The van der Waals surface area contributed by atoms with Crippen LogP contribution in [0.3, 0.4) is 0 Å². The third kappa shape index (κ3) is 1.92. The largest absolute Gasteiger partial charge is 0.487 e. The molecule has 0 fully saturated rings. The molecule has 0 aliphatic carbocycles. The van der Waals surface area contributed by atoms with Crippen molar-refractivity contribution in [1.82, 2.24) is 4.98 Å². The van der Waals surface area contributed by atoms with Crippen molar-refractivity contribution in [1.29, 1.82) is 0 Å². The van der Waals surface area contributed by atoms with Gasteiger partial charge in [0.15, 0.2) is 0 Å². The summed E-state index contributed by atoms with van der Waals surface area (Å²) in [4.78, 5) is 4.35. The van der Waals surface area contributed by atoms with Crippen LogP contribution in [0.1, 0.15) is 19.4 Å². The zero-order chi connectivity index (χ0) is 12.8. The van der Waals surface area contributed by atoms with Gasteiger partial charge in [-0.1, -0.05) is 0 Å². The molecule has 0 bridgehead atoms. The lowest BCUT2D eigenvalue weighted by Crippen LogP contribution is -2.24. The number of rotatable bonds is 1. The monoisotopic (exact) mass is 240 g/mol. The Bertz CT molecular complexity index is 605. The maximum atomic E-state index is 5.86. The second-order valence-corrected chi connectivity index (χ2v) is 5.34. The van der Waals surface area contributed by atoms with E-state index in [0.717, 1.165) is 29.1 Å². The van der Waals surface area contributed by atoms with Gasteiger partial charge in [0.2, 0.25) is 0 Å². The van der Waals surface area contributed by atoms with Crippen molar-refractivity contribution in [3.05, 3.63) is 42.1 Å². The Balaban J connectivity index is 2.02. The second kappa shape index (κ2) is 3.73. The maximum absolute atomic E-state index is 5.86. The predicted octanol–water partition coefficient (Wildman–Crippen LogP) is 3.04. The van der Waals surface area contributed by atoms with E-state index in [4.69, 9.17) is 10.5 Å². The van der Waals surface area contributed by atoms with Gasteiger partial charge in [0.05, 0.1) is 5.69 Å². The molecule has 0 atom stereocenters. The number of pyridine rings is 1. The smallest absolute Gasteiger partial charge is 0.123 e. The summed E-state index contributed by atoms with van der Waals surface area (Å²) >= 11 is 0. The van der Waals surface area contributed by atoms with Crippen LogP contribution in [0.25, 0.3) is 11.3 Å². The molecule has 2 N–H and O–H groups in total. The molecule has 0 unspecified atom stereocenters. The first-order chi connectivity index (χ1) is 8.53. The van der Waals surface area contributed by atoms with Gasteiger partial charge in [-0.3, -0.25) is 4.98 Å². The number of hydrogen-bond acceptors (Lipinski definition) is 3. The molecule has 92 valence electrons. The summed E-state index contributed by atoms with van der Waals surface area (Å²) in [5.74, 6) is 0.979. The number of nitrogens with zero attached hydrogens (tertiary/aromatic N) is 1. The van der Waals surface area contributed by atoms with Crippen molar-refractivity contribution < 1.29 is 4.74 Å². The van der Waals surface area contributed by atoms with Gasteiger partial charge in [-0.15, -0.1) is 0 Å². The fourth-order valence-corrected chi connectivity index (χ4v) is 2.37. The van der Waals surface area contributed by atoms with Crippen LogP contribution in [-0.2, 0) is 6.42 Å². The van der Waals surface area contributed by atoms with E-state index in [0.29, 0.717) is 0 Å². The SMILES string of the molecule is CC1(C)Cc2cc(-c3cc(N)ccn3)ccc2O1. The molecule has 1 aliphatic heterocycles. The molecule has 18 heavy (non-hydrogen) atoms. The van der Waals surface area contributed by atoms with Crippen molar-refractivity contribution >= 4 is 5.69 Å². The predicted molar refractivity (Wildman–Crippen MR) is 72.5 cm³/mol. The van der Waals surface area contributed by atoms with E-state index in [9.17, 15) is 0 Å². The highest BCUT2D eigenvalue weighted by atomic mass is 16.5. The molecule has 2 aromatic rings. The molecule has 0 saturated carbocycles. The zero-order valence-electron chi connectivity index (χ0n) is 10.6. The van der Waals surface area contributed by atoms with E-state index in [1.807, 2.05) is 18.2 Å². The van der Waals surface area contributed by atoms with E-state index < -0.39 is 0 Å². The van der Waals surface area contributed by atoms with Crippen LogP contribution in [-0.4, -0.2) is 10.6 Å². The number of benzene rings is 1. The van der Waals surface area contributed by atoms with Crippen molar-refractivity contribution in [3.8, 4) is 17.0 Å². The lowest BCUT2D eigenvalue weighted by atomic mass is 9.99. The summed E-state index contributed by atoms with van der Waals surface area (Å²) in [6.07, 6.45) is 2.66. The van der Waals surface area contributed by atoms with E-state index in [1.54, 1.807) is 12.3 Å². The van der Waals surface area contributed by atoms with Gasteiger partial charge >= 0.3 is 0 Å². The van der Waals surface area contributed by atoms with Gasteiger partial charge in [-0.05, 0) is 49.7 Å². The first kappa shape index (κ1) is 11.1. The number of ether oxygens (including phenoxy) is 1. The second-order valence-electron chi connectivity index (χ2n) is 5.34. The molecule has 0 saturated heterocycles. The third-order valence-electron chi connectivity index (χ3n) is 3.14. The van der Waals surface area contributed by atoms with Crippen molar-refractivity contribution in [2.45, 2.75) is 25.9 Å². The number of anilines is 1. The molecule has 3 nitrogen and oxygen atoms in total. The van der Waals surface area contributed by atoms with E-state index in [-0.39, 0.29) is 5.60 Å². The Morgan fingerprint density at radius 3 is 2.83 bits per heavy atom. The van der Waals surface area contributed by atoms with Gasteiger partial charge in [0.1, 0.15) is 11.4 Å².